The number of hydrogen-bond donors (Lipinski definition) is 2. The second kappa shape index (κ2) is 6.92. The number of rotatable bonds is 7. The van der Waals surface area contributed by atoms with E-state index >= 15 is 0 Å². The van der Waals surface area contributed by atoms with Crippen molar-refractivity contribution in [2.75, 3.05) is 13.2 Å². The van der Waals surface area contributed by atoms with Crippen molar-refractivity contribution in [2.24, 2.45) is 0 Å². The Bertz CT molecular complexity index is 404. The molecule has 0 saturated carbocycles. The SMILES string of the molecule is CCCNC1CCc2c(OCCC(C)O)cccc21. The van der Waals surface area contributed by atoms with Gasteiger partial charge in [0.25, 0.3) is 0 Å². The van der Waals surface area contributed by atoms with Gasteiger partial charge >= 0.3 is 0 Å². The molecule has 19 heavy (non-hydrogen) atoms. The van der Waals surface area contributed by atoms with E-state index in [0.29, 0.717) is 19.1 Å². The van der Waals surface area contributed by atoms with Gasteiger partial charge in [0, 0.05) is 12.5 Å². The quantitative estimate of drug-likeness (QED) is 0.795. The Balaban J connectivity index is 2.01. The summed E-state index contributed by atoms with van der Waals surface area (Å²) in [7, 11) is 0. The van der Waals surface area contributed by atoms with Gasteiger partial charge in [0.05, 0.1) is 12.7 Å². The van der Waals surface area contributed by atoms with Gasteiger partial charge in [-0.3, -0.25) is 0 Å². The largest absolute Gasteiger partial charge is 0.493 e. The fourth-order valence-corrected chi connectivity index (χ4v) is 2.63. The predicted molar refractivity (Wildman–Crippen MR) is 77.6 cm³/mol. The van der Waals surface area contributed by atoms with Gasteiger partial charge in [0.2, 0.25) is 0 Å². The Labute approximate surface area is 116 Å². The first kappa shape index (κ1) is 14.4. The zero-order valence-electron chi connectivity index (χ0n) is 12.0. The van der Waals surface area contributed by atoms with E-state index in [1.54, 1.807) is 6.92 Å². The first-order valence-electron chi connectivity index (χ1n) is 7.38. The monoisotopic (exact) mass is 263 g/mol. The lowest BCUT2D eigenvalue weighted by Gasteiger charge is -2.15. The molecule has 1 aliphatic carbocycles. The summed E-state index contributed by atoms with van der Waals surface area (Å²) in [6, 6.07) is 6.80. The first-order valence-corrected chi connectivity index (χ1v) is 7.38. The molecule has 0 bridgehead atoms. The van der Waals surface area contributed by atoms with Crippen molar-refractivity contribution in [1.29, 1.82) is 0 Å². The summed E-state index contributed by atoms with van der Waals surface area (Å²) in [6.45, 7) is 5.64. The second-order valence-electron chi connectivity index (χ2n) is 5.36. The number of aliphatic hydroxyl groups is 1. The Morgan fingerprint density at radius 1 is 1.47 bits per heavy atom. The standard InChI is InChI=1S/C16H25NO2/c1-3-10-17-15-8-7-14-13(15)5-4-6-16(14)19-11-9-12(2)18/h4-6,12,15,17-18H,3,7-11H2,1-2H3. The lowest BCUT2D eigenvalue weighted by Crippen LogP contribution is -2.19. The van der Waals surface area contributed by atoms with Crippen LogP contribution in [-0.4, -0.2) is 24.4 Å². The van der Waals surface area contributed by atoms with E-state index in [1.807, 2.05) is 6.07 Å². The third-order valence-corrected chi connectivity index (χ3v) is 3.66. The average molecular weight is 263 g/mol. The van der Waals surface area contributed by atoms with Crippen LogP contribution in [0.3, 0.4) is 0 Å². The molecule has 0 amide bonds. The van der Waals surface area contributed by atoms with Gasteiger partial charge in [-0.15, -0.1) is 0 Å². The van der Waals surface area contributed by atoms with E-state index in [9.17, 15) is 5.11 Å². The van der Waals surface area contributed by atoms with Crippen molar-refractivity contribution >= 4 is 0 Å². The van der Waals surface area contributed by atoms with Crippen LogP contribution >= 0.6 is 0 Å². The van der Waals surface area contributed by atoms with Gasteiger partial charge in [-0.25, -0.2) is 0 Å². The number of benzene rings is 1. The van der Waals surface area contributed by atoms with Gasteiger partial charge in [0.1, 0.15) is 5.75 Å². The molecule has 0 spiro atoms. The number of ether oxygens (including phenoxy) is 1. The van der Waals surface area contributed by atoms with Crippen LogP contribution < -0.4 is 10.1 Å². The molecule has 106 valence electrons. The Morgan fingerprint density at radius 2 is 2.32 bits per heavy atom. The number of fused-ring (bicyclic) bond motifs is 1. The van der Waals surface area contributed by atoms with Crippen LogP contribution in [0.15, 0.2) is 18.2 Å². The van der Waals surface area contributed by atoms with E-state index in [2.05, 4.69) is 24.4 Å². The molecule has 2 rings (SSSR count). The van der Waals surface area contributed by atoms with Crippen LogP contribution in [0.5, 0.6) is 5.75 Å². The summed E-state index contributed by atoms with van der Waals surface area (Å²) in [5.41, 5.74) is 2.74. The molecule has 0 heterocycles. The molecule has 0 radical (unpaired) electrons. The van der Waals surface area contributed by atoms with E-state index in [1.165, 1.54) is 11.1 Å². The van der Waals surface area contributed by atoms with Crippen LogP contribution in [0, 0.1) is 0 Å². The molecule has 0 saturated heterocycles. The van der Waals surface area contributed by atoms with E-state index in [-0.39, 0.29) is 6.10 Å². The molecule has 1 aliphatic rings. The lowest BCUT2D eigenvalue weighted by atomic mass is 10.1. The minimum absolute atomic E-state index is 0.296. The lowest BCUT2D eigenvalue weighted by molar-refractivity contribution is 0.155. The molecule has 1 aromatic rings. The van der Waals surface area contributed by atoms with Crippen molar-refractivity contribution in [3.63, 3.8) is 0 Å². The van der Waals surface area contributed by atoms with E-state index in [0.717, 1.165) is 31.6 Å². The zero-order chi connectivity index (χ0) is 13.7. The maximum absolute atomic E-state index is 9.27. The zero-order valence-corrected chi connectivity index (χ0v) is 12.0. The predicted octanol–water partition coefficient (Wildman–Crippen LogP) is 2.82. The molecule has 0 aliphatic heterocycles. The van der Waals surface area contributed by atoms with Crippen LogP contribution in [-0.2, 0) is 6.42 Å². The van der Waals surface area contributed by atoms with Crippen LogP contribution in [0.25, 0.3) is 0 Å². The van der Waals surface area contributed by atoms with Crippen LogP contribution in [0.4, 0.5) is 0 Å². The summed E-state index contributed by atoms with van der Waals surface area (Å²) >= 11 is 0. The first-order chi connectivity index (χ1) is 9.22. The number of nitrogens with one attached hydrogen (secondary N) is 1. The van der Waals surface area contributed by atoms with Gasteiger partial charge in [0.15, 0.2) is 0 Å². The highest BCUT2D eigenvalue weighted by molar-refractivity contribution is 5.45. The topological polar surface area (TPSA) is 41.5 Å². The van der Waals surface area contributed by atoms with Crippen molar-refractivity contribution in [3.05, 3.63) is 29.3 Å². The summed E-state index contributed by atoms with van der Waals surface area (Å²) < 4.78 is 5.82. The maximum Gasteiger partial charge on any atom is 0.122 e. The van der Waals surface area contributed by atoms with E-state index < -0.39 is 0 Å². The highest BCUT2D eigenvalue weighted by Crippen LogP contribution is 2.36. The van der Waals surface area contributed by atoms with Gasteiger partial charge in [-0.1, -0.05) is 19.1 Å². The average Bonchev–Trinajstić information content (AvgIpc) is 2.80. The number of hydrogen-bond acceptors (Lipinski definition) is 3. The molecule has 2 N–H and O–H groups in total. The third kappa shape index (κ3) is 3.71. The van der Waals surface area contributed by atoms with Crippen molar-refractivity contribution in [3.8, 4) is 5.75 Å². The molecular weight excluding hydrogens is 238 g/mol. The second-order valence-corrected chi connectivity index (χ2v) is 5.36. The molecule has 2 atom stereocenters. The smallest absolute Gasteiger partial charge is 0.122 e. The minimum Gasteiger partial charge on any atom is -0.493 e. The van der Waals surface area contributed by atoms with Crippen LogP contribution in [0.2, 0.25) is 0 Å². The fraction of sp³-hybridized carbons (Fsp3) is 0.625. The Hall–Kier alpha value is -1.06. The Morgan fingerprint density at radius 3 is 3.05 bits per heavy atom. The maximum atomic E-state index is 9.27. The molecule has 0 fully saturated rings. The molecule has 2 unspecified atom stereocenters. The molecular formula is C16H25NO2. The highest BCUT2D eigenvalue weighted by atomic mass is 16.5. The molecule has 3 heteroatoms. The molecule has 3 nitrogen and oxygen atoms in total. The fourth-order valence-electron chi connectivity index (χ4n) is 2.63. The van der Waals surface area contributed by atoms with E-state index in [4.69, 9.17) is 4.74 Å². The number of aliphatic hydroxyl groups excluding tert-OH is 1. The van der Waals surface area contributed by atoms with Crippen molar-refractivity contribution in [2.45, 2.75) is 51.7 Å². The van der Waals surface area contributed by atoms with Crippen molar-refractivity contribution < 1.29 is 9.84 Å². The summed E-state index contributed by atoms with van der Waals surface area (Å²) in [5, 5.41) is 12.9. The third-order valence-electron chi connectivity index (χ3n) is 3.66. The minimum atomic E-state index is -0.296. The Kier molecular flexibility index (Phi) is 5.23. The summed E-state index contributed by atoms with van der Waals surface area (Å²) in [4.78, 5) is 0. The van der Waals surface area contributed by atoms with Gasteiger partial charge in [-0.2, -0.15) is 0 Å². The van der Waals surface area contributed by atoms with Crippen molar-refractivity contribution in [1.82, 2.24) is 5.32 Å². The summed E-state index contributed by atoms with van der Waals surface area (Å²) in [6.07, 6.45) is 3.79. The van der Waals surface area contributed by atoms with Crippen LogP contribution in [0.1, 0.15) is 50.3 Å². The highest BCUT2D eigenvalue weighted by Gasteiger charge is 2.24. The normalized spacial score (nSPS) is 19.2. The van der Waals surface area contributed by atoms with Gasteiger partial charge < -0.3 is 15.2 Å². The molecule has 1 aromatic carbocycles. The summed E-state index contributed by atoms with van der Waals surface area (Å²) in [5.74, 6) is 0.999. The van der Waals surface area contributed by atoms with Gasteiger partial charge in [-0.05, 0) is 49.9 Å². The molecule has 0 aromatic heterocycles.